The highest BCUT2D eigenvalue weighted by Crippen LogP contribution is 2.30. The third-order valence-corrected chi connectivity index (χ3v) is 4.40. The maximum Gasteiger partial charge on any atom is 0.0957 e. The molecule has 0 aliphatic rings. The van der Waals surface area contributed by atoms with E-state index in [9.17, 15) is 0 Å². The highest BCUT2D eigenvalue weighted by atomic mass is 32.1. The van der Waals surface area contributed by atoms with Gasteiger partial charge in [0.25, 0.3) is 0 Å². The van der Waals surface area contributed by atoms with Crippen LogP contribution in [0.2, 0.25) is 0 Å². The predicted octanol–water partition coefficient (Wildman–Crippen LogP) is 3.63. The Morgan fingerprint density at radius 1 is 1.40 bits per heavy atom. The minimum Gasteiger partial charge on any atom is -0.320 e. The number of nitrogens with zero attached hydrogens (tertiary/aromatic N) is 1. The van der Waals surface area contributed by atoms with E-state index in [0.717, 1.165) is 25.0 Å². The maximum absolute atomic E-state index is 6.32. The molecule has 0 saturated heterocycles. The van der Waals surface area contributed by atoms with Gasteiger partial charge in [-0.3, -0.25) is 0 Å². The van der Waals surface area contributed by atoms with E-state index in [4.69, 9.17) is 5.73 Å². The van der Waals surface area contributed by atoms with E-state index in [0.29, 0.717) is 5.92 Å². The molecule has 0 radical (unpaired) electrons. The second kappa shape index (κ2) is 5.08. The van der Waals surface area contributed by atoms with Crippen molar-refractivity contribution in [3.05, 3.63) is 16.1 Å². The molecule has 0 aliphatic heterocycles. The lowest BCUT2D eigenvalue weighted by Gasteiger charge is -2.24. The first-order valence-corrected chi connectivity index (χ1v) is 6.70. The summed E-state index contributed by atoms with van der Waals surface area (Å²) in [6.45, 7) is 8.68. The molecule has 86 valence electrons. The quantitative estimate of drug-likeness (QED) is 0.832. The van der Waals surface area contributed by atoms with Crippen LogP contribution in [0, 0.1) is 0 Å². The molecule has 1 aromatic heterocycles. The smallest absolute Gasteiger partial charge is 0.0957 e. The summed E-state index contributed by atoms with van der Waals surface area (Å²) in [6, 6.07) is 0. The zero-order valence-corrected chi connectivity index (χ0v) is 11.0. The van der Waals surface area contributed by atoms with Crippen molar-refractivity contribution in [2.24, 2.45) is 5.73 Å². The fourth-order valence-corrected chi connectivity index (χ4v) is 2.60. The highest BCUT2D eigenvalue weighted by molar-refractivity contribution is 7.09. The molecule has 0 bridgehead atoms. The molecule has 1 unspecified atom stereocenters. The van der Waals surface area contributed by atoms with Crippen LogP contribution >= 0.6 is 11.3 Å². The van der Waals surface area contributed by atoms with Gasteiger partial charge >= 0.3 is 0 Å². The van der Waals surface area contributed by atoms with Gasteiger partial charge in [0, 0.05) is 11.3 Å². The zero-order valence-electron chi connectivity index (χ0n) is 10.2. The second-order valence-electron chi connectivity index (χ2n) is 4.24. The van der Waals surface area contributed by atoms with Gasteiger partial charge in [-0.05, 0) is 19.3 Å². The largest absolute Gasteiger partial charge is 0.320 e. The topological polar surface area (TPSA) is 38.9 Å². The van der Waals surface area contributed by atoms with Gasteiger partial charge in [-0.1, -0.05) is 27.7 Å². The number of hydrogen-bond acceptors (Lipinski definition) is 3. The standard InChI is InChI=1S/C12H22N2S/c1-5-9(4)11-14-10(8-15-11)12(13,6-2)7-3/h8-9H,5-7,13H2,1-4H3. The van der Waals surface area contributed by atoms with E-state index in [1.807, 2.05) is 0 Å². The Morgan fingerprint density at radius 2 is 2.00 bits per heavy atom. The van der Waals surface area contributed by atoms with E-state index in [1.54, 1.807) is 11.3 Å². The Bertz CT molecular complexity index is 302. The van der Waals surface area contributed by atoms with Crippen molar-refractivity contribution in [2.45, 2.75) is 58.4 Å². The average molecular weight is 226 g/mol. The third-order valence-electron chi connectivity index (χ3n) is 3.33. The van der Waals surface area contributed by atoms with Crippen molar-refractivity contribution in [3.63, 3.8) is 0 Å². The molecule has 15 heavy (non-hydrogen) atoms. The Balaban J connectivity index is 2.92. The number of thiazole rings is 1. The fourth-order valence-electron chi connectivity index (χ4n) is 1.53. The summed E-state index contributed by atoms with van der Waals surface area (Å²) >= 11 is 1.75. The first-order chi connectivity index (χ1) is 7.07. The highest BCUT2D eigenvalue weighted by Gasteiger charge is 2.26. The summed E-state index contributed by atoms with van der Waals surface area (Å²) in [4.78, 5) is 4.69. The Hall–Kier alpha value is -0.410. The monoisotopic (exact) mass is 226 g/mol. The molecule has 0 amide bonds. The predicted molar refractivity (Wildman–Crippen MR) is 67.3 cm³/mol. The molecule has 1 rings (SSSR count). The number of rotatable bonds is 5. The van der Waals surface area contributed by atoms with Crippen molar-refractivity contribution in [1.29, 1.82) is 0 Å². The van der Waals surface area contributed by atoms with Gasteiger partial charge in [-0.15, -0.1) is 11.3 Å². The van der Waals surface area contributed by atoms with E-state index in [2.05, 4.69) is 38.1 Å². The summed E-state index contributed by atoms with van der Waals surface area (Å²) < 4.78 is 0. The van der Waals surface area contributed by atoms with Crippen LogP contribution in [0.3, 0.4) is 0 Å². The first kappa shape index (κ1) is 12.7. The third kappa shape index (κ3) is 2.58. The van der Waals surface area contributed by atoms with Crippen LogP contribution in [0.25, 0.3) is 0 Å². The number of hydrogen-bond donors (Lipinski definition) is 1. The molecule has 1 heterocycles. The van der Waals surface area contributed by atoms with Crippen LogP contribution in [0.4, 0.5) is 0 Å². The lowest BCUT2D eigenvalue weighted by molar-refractivity contribution is 0.401. The molecular formula is C12H22N2S. The fraction of sp³-hybridized carbons (Fsp3) is 0.750. The molecule has 2 nitrogen and oxygen atoms in total. The van der Waals surface area contributed by atoms with Crippen LogP contribution in [0.1, 0.15) is 63.6 Å². The molecule has 1 aromatic rings. The van der Waals surface area contributed by atoms with Crippen molar-refractivity contribution >= 4 is 11.3 Å². The van der Waals surface area contributed by atoms with E-state index in [-0.39, 0.29) is 5.54 Å². The Kier molecular flexibility index (Phi) is 4.29. The van der Waals surface area contributed by atoms with Crippen LogP contribution in [0.15, 0.2) is 5.38 Å². The Morgan fingerprint density at radius 3 is 2.47 bits per heavy atom. The van der Waals surface area contributed by atoms with Gasteiger partial charge in [-0.25, -0.2) is 4.98 Å². The summed E-state index contributed by atoms with van der Waals surface area (Å²) in [6.07, 6.45) is 3.04. The van der Waals surface area contributed by atoms with E-state index in [1.165, 1.54) is 5.01 Å². The maximum atomic E-state index is 6.32. The number of nitrogens with two attached hydrogens (primary N) is 1. The molecule has 0 spiro atoms. The van der Waals surface area contributed by atoms with Gasteiger partial charge < -0.3 is 5.73 Å². The van der Waals surface area contributed by atoms with Crippen molar-refractivity contribution < 1.29 is 0 Å². The molecule has 0 fully saturated rings. The van der Waals surface area contributed by atoms with Crippen LogP contribution in [-0.2, 0) is 5.54 Å². The van der Waals surface area contributed by atoms with Gasteiger partial charge in [0.05, 0.1) is 16.2 Å². The van der Waals surface area contributed by atoms with E-state index >= 15 is 0 Å². The van der Waals surface area contributed by atoms with Gasteiger partial charge in [-0.2, -0.15) is 0 Å². The molecule has 3 heteroatoms. The lowest BCUT2D eigenvalue weighted by Crippen LogP contribution is -2.35. The molecule has 0 aliphatic carbocycles. The van der Waals surface area contributed by atoms with Gasteiger partial charge in [0.15, 0.2) is 0 Å². The van der Waals surface area contributed by atoms with Crippen molar-refractivity contribution in [3.8, 4) is 0 Å². The van der Waals surface area contributed by atoms with Crippen molar-refractivity contribution in [2.75, 3.05) is 0 Å². The summed E-state index contributed by atoms with van der Waals surface area (Å²) in [5, 5.41) is 3.36. The Labute approximate surface area is 96.9 Å². The second-order valence-corrected chi connectivity index (χ2v) is 5.13. The van der Waals surface area contributed by atoms with Crippen molar-refractivity contribution in [1.82, 2.24) is 4.98 Å². The molecule has 0 saturated carbocycles. The van der Waals surface area contributed by atoms with E-state index < -0.39 is 0 Å². The molecule has 2 N–H and O–H groups in total. The molecular weight excluding hydrogens is 204 g/mol. The molecule has 1 atom stereocenters. The van der Waals surface area contributed by atoms with Gasteiger partial charge in [0.2, 0.25) is 0 Å². The minimum atomic E-state index is -0.220. The van der Waals surface area contributed by atoms with Crippen LogP contribution in [-0.4, -0.2) is 4.98 Å². The first-order valence-electron chi connectivity index (χ1n) is 5.82. The van der Waals surface area contributed by atoms with Crippen LogP contribution < -0.4 is 5.73 Å². The normalized spacial score (nSPS) is 14.2. The minimum absolute atomic E-state index is 0.220. The van der Waals surface area contributed by atoms with Gasteiger partial charge in [0.1, 0.15) is 0 Å². The average Bonchev–Trinajstić information content (AvgIpc) is 2.76. The zero-order chi connectivity index (χ0) is 11.5. The van der Waals surface area contributed by atoms with Crippen LogP contribution in [0.5, 0.6) is 0 Å². The summed E-state index contributed by atoms with van der Waals surface area (Å²) in [5.74, 6) is 0.557. The summed E-state index contributed by atoms with van der Waals surface area (Å²) in [5.41, 5.74) is 7.17. The molecule has 0 aromatic carbocycles. The summed E-state index contributed by atoms with van der Waals surface area (Å²) in [7, 11) is 0. The SMILES string of the molecule is CCC(C)c1nc(C(N)(CC)CC)cs1. The lowest BCUT2D eigenvalue weighted by atomic mass is 9.91. The number of aromatic nitrogens is 1.